The Balaban J connectivity index is 1.79. The molecule has 0 aliphatic carbocycles. The van der Waals surface area contributed by atoms with Crippen molar-refractivity contribution in [3.63, 3.8) is 0 Å². The van der Waals surface area contributed by atoms with Crippen molar-refractivity contribution in [2.45, 2.75) is 52.7 Å². The first-order valence-corrected chi connectivity index (χ1v) is 9.82. The number of ether oxygens (including phenoxy) is 1. The monoisotopic (exact) mass is 377 g/mol. The maximum atomic E-state index is 12.6. The highest BCUT2D eigenvalue weighted by atomic mass is 16.5. The first-order chi connectivity index (χ1) is 13.5. The quantitative estimate of drug-likeness (QED) is 0.600. The third-order valence-corrected chi connectivity index (χ3v) is 5.28. The molecule has 0 bridgehead atoms. The Morgan fingerprint density at radius 3 is 2.89 bits per heavy atom. The van der Waals surface area contributed by atoms with Crippen LogP contribution < -0.4 is 5.32 Å². The van der Waals surface area contributed by atoms with E-state index in [0.29, 0.717) is 5.69 Å². The fraction of sp³-hybridized carbons (Fsp3) is 0.391. The lowest BCUT2D eigenvalue weighted by atomic mass is 10.1. The Morgan fingerprint density at radius 1 is 1.39 bits per heavy atom. The summed E-state index contributed by atoms with van der Waals surface area (Å²) in [5.74, 6) is -0.389. The van der Waals surface area contributed by atoms with Gasteiger partial charge in [-0.1, -0.05) is 19.1 Å². The van der Waals surface area contributed by atoms with Crippen molar-refractivity contribution < 1.29 is 9.53 Å². The topological polar surface area (TPSA) is 67.0 Å². The lowest BCUT2D eigenvalue weighted by Gasteiger charge is -2.14. The zero-order chi connectivity index (χ0) is 20.1. The minimum atomic E-state index is -0.389. The van der Waals surface area contributed by atoms with Crippen LogP contribution in [0.3, 0.4) is 0 Å². The molecule has 1 N–H and O–H groups in total. The molecule has 1 aliphatic heterocycles. The van der Waals surface area contributed by atoms with Crippen LogP contribution in [0.4, 0.5) is 5.69 Å². The van der Waals surface area contributed by atoms with E-state index in [1.165, 1.54) is 0 Å². The molecule has 1 saturated heterocycles. The molecular formula is C23H27N3O2. The molecule has 3 rings (SSSR count). The molecule has 2 heterocycles. The molecule has 1 fully saturated rings. The summed E-state index contributed by atoms with van der Waals surface area (Å²) in [5, 5.41) is 12.4. The zero-order valence-electron chi connectivity index (χ0n) is 16.8. The number of hydrogen-bond donors (Lipinski definition) is 1. The molecule has 0 unspecified atom stereocenters. The van der Waals surface area contributed by atoms with Gasteiger partial charge in [0.15, 0.2) is 0 Å². The van der Waals surface area contributed by atoms with Crippen molar-refractivity contribution in [3.05, 3.63) is 58.4 Å². The summed E-state index contributed by atoms with van der Waals surface area (Å²) in [5.41, 5.74) is 4.98. The summed E-state index contributed by atoms with van der Waals surface area (Å²) in [4.78, 5) is 12.6. The molecule has 1 aliphatic rings. The van der Waals surface area contributed by atoms with Crippen LogP contribution in [0.15, 0.2) is 35.9 Å². The minimum absolute atomic E-state index is 0.0965. The number of carbonyl (C=O) groups excluding carboxylic acids is 1. The van der Waals surface area contributed by atoms with Crippen LogP contribution in [-0.4, -0.2) is 23.2 Å². The predicted octanol–water partition coefficient (Wildman–Crippen LogP) is 4.39. The van der Waals surface area contributed by atoms with Gasteiger partial charge in [0, 0.05) is 30.2 Å². The van der Waals surface area contributed by atoms with Gasteiger partial charge in [0.25, 0.3) is 5.91 Å². The number of hydrogen-bond acceptors (Lipinski definition) is 3. The van der Waals surface area contributed by atoms with E-state index in [-0.39, 0.29) is 17.6 Å². The molecule has 1 aromatic heterocycles. The van der Waals surface area contributed by atoms with Gasteiger partial charge in [0.05, 0.1) is 6.10 Å². The second kappa shape index (κ2) is 8.90. The van der Waals surface area contributed by atoms with Crippen LogP contribution in [-0.2, 0) is 22.5 Å². The van der Waals surface area contributed by atoms with Crippen LogP contribution in [0.2, 0.25) is 0 Å². The van der Waals surface area contributed by atoms with Crippen molar-refractivity contribution in [2.75, 3.05) is 11.9 Å². The molecule has 28 heavy (non-hydrogen) atoms. The molecule has 0 radical (unpaired) electrons. The summed E-state index contributed by atoms with van der Waals surface area (Å²) in [7, 11) is 0. The second-order valence-electron chi connectivity index (χ2n) is 7.25. The maximum Gasteiger partial charge on any atom is 0.266 e. The Hall–Kier alpha value is -2.84. The highest BCUT2D eigenvalue weighted by molar-refractivity contribution is 6.09. The lowest BCUT2D eigenvalue weighted by Crippen LogP contribution is -2.17. The van der Waals surface area contributed by atoms with Crippen LogP contribution in [0.5, 0.6) is 0 Å². The summed E-state index contributed by atoms with van der Waals surface area (Å²) in [6.07, 6.45) is 4.99. The average Bonchev–Trinajstić information content (AvgIpc) is 3.30. The summed E-state index contributed by atoms with van der Waals surface area (Å²) < 4.78 is 7.96. The summed E-state index contributed by atoms with van der Waals surface area (Å²) >= 11 is 0. The highest BCUT2D eigenvalue weighted by Gasteiger charge is 2.19. The average molecular weight is 377 g/mol. The van der Waals surface area contributed by atoms with Crippen LogP contribution in [0.25, 0.3) is 6.08 Å². The first kappa shape index (κ1) is 19.9. The Bertz CT molecular complexity index is 928. The number of nitriles is 1. The SMILES string of the molecule is CCc1cccc(NC(=O)/C(C#N)=C/c2cc(C)n(C[C@@H]3CCCO3)c2C)c1. The molecule has 2 aromatic rings. The molecule has 1 aromatic carbocycles. The van der Waals surface area contributed by atoms with Crippen molar-refractivity contribution in [1.29, 1.82) is 5.26 Å². The zero-order valence-corrected chi connectivity index (χ0v) is 16.8. The van der Waals surface area contributed by atoms with Crippen LogP contribution >= 0.6 is 0 Å². The van der Waals surface area contributed by atoms with E-state index in [9.17, 15) is 10.1 Å². The largest absolute Gasteiger partial charge is 0.376 e. The number of anilines is 1. The normalized spacial score (nSPS) is 16.8. The maximum absolute atomic E-state index is 12.6. The van der Waals surface area contributed by atoms with Crippen molar-refractivity contribution in [2.24, 2.45) is 0 Å². The van der Waals surface area contributed by atoms with Gasteiger partial charge in [-0.15, -0.1) is 0 Å². The van der Waals surface area contributed by atoms with E-state index in [0.717, 1.165) is 54.9 Å². The second-order valence-corrected chi connectivity index (χ2v) is 7.25. The molecule has 1 amide bonds. The smallest absolute Gasteiger partial charge is 0.266 e. The van der Waals surface area contributed by atoms with E-state index < -0.39 is 0 Å². The number of benzene rings is 1. The van der Waals surface area contributed by atoms with E-state index in [1.54, 1.807) is 6.08 Å². The summed E-state index contributed by atoms with van der Waals surface area (Å²) in [6.45, 7) is 7.76. The number of aryl methyl sites for hydroxylation is 2. The number of rotatable bonds is 6. The molecule has 1 atom stereocenters. The molecule has 0 saturated carbocycles. The molecule has 0 spiro atoms. The molecule has 146 valence electrons. The van der Waals surface area contributed by atoms with Crippen molar-refractivity contribution >= 4 is 17.7 Å². The summed E-state index contributed by atoms with van der Waals surface area (Å²) in [6, 6.07) is 11.7. The predicted molar refractivity (Wildman–Crippen MR) is 111 cm³/mol. The fourth-order valence-electron chi connectivity index (χ4n) is 3.62. The molecular weight excluding hydrogens is 350 g/mol. The van der Waals surface area contributed by atoms with Gasteiger partial charge in [0.1, 0.15) is 11.6 Å². The van der Waals surface area contributed by atoms with E-state index in [2.05, 4.69) is 16.8 Å². The Kier molecular flexibility index (Phi) is 6.33. The van der Waals surface area contributed by atoms with Crippen molar-refractivity contribution in [3.8, 4) is 6.07 Å². The fourth-order valence-corrected chi connectivity index (χ4v) is 3.62. The lowest BCUT2D eigenvalue weighted by molar-refractivity contribution is -0.112. The van der Waals surface area contributed by atoms with Gasteiger partial charge in [-0.3, -0.25) is 4.79 Å². The first-order valence-electron chi connectivity index (χ1n) is 9.82. The third-order valence-electron chi connectivity index (χ3n) is 5.28. The Morgan fingerprint density at radius 2 is 2.21 bits per heavy atom. The Labute approximate surface area is 166 Å². The number of nitrogens with zero attached hydrogens (tertiary/aromatic N) is 2. The van der Waals surface area contributed by atoms with Gasteiger partial charge in [-0.25, -0.2) is 0 Å². The highest BCUT2D eigenvalue weighted by Crippen LogP contribution is 2.22. The van der Waals surface area contributed by atoms with Gasteiger partial charge in [-0.2, -0.15) is 5.26 Å². The van der Waals surface area contributed by atoms with E-state index in [1.807, 2.05) is 50.2 Å². The number of aromatic nitrogens is 1. The van der Waals surface area contributed by atoms with E-state index in [4.69, 9.17) is 4.74 Å². The van der Waals surface area contributed by atoms with E-state index >= 15 is 0 Å². The van der Waals surface area contributed by atoms with Crippen LogP contribution in [0, 0.1) is 25.2 Å². The minimum Gasteiger partial charge on any atom is -0.376 e. The van der Waals surface area contributed by atoms with Gasteiger partial charge < -0.3 is 14.6 Å². The molecule has 5 heteroatoms. The third kappa shape index (κ3) is 4.52. The number of amides is 1. The standard InChI is InChI=1S/C23H27N3O2/c1-4-18-7-5-8-21(12-18)25-23(27)20(14-24)13-19-11-16(2)26(17(19)3)15-22-9-6-10-28-22/h5,7-8,11-13,22H,4,6,9-10,15H2,1-3H3,(H,25,27)/b20-13+/t22-/m0/s1. The van der Waals surface area contributed by atoms with Crippen LogP contribution in [0.1, 0.15) is 42.3 Å². The van der Waals surface area contributed by atoms with Gasteiger partial charge in [-0.05, 0) is 68.5 Å². The van der Waals surface area contributed by atoms with Crippen molar-refractivity contribution in [1.82, 2.24) is 4.57 Å². The number of nitrogens with one attached hydrogen (secondary N) is 1. The number of carbonyl (C=O) groups is 1. The molecule has 5 nitrogen and oxygen atoms in total. The van der Waals surface area contributed by atoms with Gasteiger partial charge >= 0.3 is 0 Å². The van der Waals surface area contributed by atoms with Gasteiger partial charge in [0.2, 0.25) is 0 Å².